The fraction of sp³-hybridized carbons (Fsp3) is 0.600. The highest BCUT2D eigenvalue weighted by molar-refractivity contribution is 5.10. The van der Waals surface area contributed by atoms with Gasteiger partial charge in [0.1, 0.15) is 12.2 Å². The molecule has 2 rings (SSSR count). The Morgan fingerprint density at radius 1 is 1.35 bits per heavy atom. The van der Waals surface area contributed by atoms with Crippen LogP contribution in [0.5, 0.6) is 0 Å². The molecule has 2 aromatic rings. The monoisotopic (exact) mass is 275 g/mol. The van der Waals surface area contributed by atoms with E-state index in [9.17, 15) is 0 Å². The molecule has 0 amide bonds. The minimum Gasteiger partial charge on any atom is -0.344 e. The zero-order valence-electron chi connectivity index (χ0n) is 12.7. The van der Waals surface area contributed by atoms with Crippen LogP contribution in [-0.2, 0) is 19.5 Å². The molecule has 0 saturated heterocycles. The van der Waals surface area contributed by atoms with Crippen LogP contribution in [0.1, 0.15) is 38.7 Å². The molecule has 2 heterocycles. The van der Waals surface area contributed by atoms with E-state index in [0.717, 1.165) is 31.8 Å². The molecule has 0 aliphatic carbocycles. The summed E-state index contributed by atoms with van der Waals surface area (Å²) in [6.07, 6.45) is 5.63. The van der Waals surface area contributed by atoms with Crippen LogP contribution < -0.4 is 5.73 Å². The van der Waals surface area contributed by atoms with Crippen LogP contribution in [0.4, 0.5) is 0 Å². The second-order valence-electron chi connectivity index (χ2n) is 5.75. The molecule has 0 bridgehead atoms. The summed E-state index contributed by atoms with van der Waals surface area (Å²) in [5, 5.41) is 4.31. The summed E-state index contributed by atoms with van der Waals surface area (Å²) in [6.45, 7) is 8.16. The molecule has 0 saturated carbocycles. The molecule has 1 unspecified atom stereocenters. The number of nitrogens with two attached hydrogens (primary N) is 1. The highest BCUT2D eigenvalue weighted by atomic mass is 15.3. The third-order valence-corrected chi connectivity index (χ3v) is 3.46. The molecule has 2 aromatic heterocycles. The van der Waals surface area contributed by atoms with Gasteiger partial charge in [0.25, 0.3) is 0 Å². The maximum Gasteiger partial charge on any atom is 0.146 e. The highest BCUT2D eigenvalue weighted by Crippen LogP contribution is 2.10. The first kappa shape index (κ1) is 14.8. The Kier molecular flexibility index (Phi) is 4.95. The van der Waals surface area contributed by atoms with E-state index in [4.69, 9.17) is 5.73 Å². The van der Waals surface area contributed by atoms with Gasteiger partial charge < -0.3 is 10.3 Å². The van der Waals surface area contributed by atoms with E-state index in [-0.39, 0.29) is 6.04 Å². The third kappa shape index (κ3) is 3.70. The van der Waals surface area contributed by atoms with E-state index >= 15 is 0 Å². The van der Waals surface area contributed by atoms with Gasteiger partial charge in [-0.2, -0.15) is 5.10 Å². The summed E-state index contributed by atoms with van der Waals surface area (Å²) in [6, 6.07) is 4.43. The van der Waals surface area contributed by atoms with Crippen molar-refractivity contribution in [3.05, 3.63) is 36.2 Å². The maximum absolute atomic E-state index is 6.06. The average Bonchev–Trinajstić information content (AvgIpc) is 3.00. The van der Waals surface area contributed by atoms with E-state index in [1.165, 1.54) is 5.69 Å². The fourth-order valence-corrected chi connectivity index (χ4v) is 2.26. The van der Waals surface area contributed by atoms with E-state index in [1.807, 2.05) is 4.68 Å². The molecular formula is C15H25N5. The van der Waals surface area contributed by atoms with Gasteiger partial charge in [-0.3, -0.25) is 0 Å². The summed E-state index contributed by atoms with van der Waals surface area (Å²) in [7, 11) is 0. The van der Waals surface area contributed by atoms with Crippen molar-refractivity contribution in [3.8, 4) is 0 Å². The van der Waals surface area contributed by atoms with Crippen molar-refractivity contribution in [2.24, 2.45) is 11.7 Å². The largest absolute Gasteiger partial charge is 0.344 e. The third-order valence-electron chi connectivity index (χ3n) is 3.46. The normalized spacial score (nSPS) is 13.1. The van der Waals surface area contributed by atoms with Crippen LogP contribution in [0.25, 0.3) is 0 Å². The average molecular weight is 275 g/mol. The van der Waals surface area contributed by atoms with Crippen molar-refractivity contribution < 1.29 is 0 Å². The van der Waals surface area contributed by atoms with Gasteiger partial charge in [0.05, 0.1) is 6.54 Å². The Bertz CT molecular complexity index is 526. The zero-order valence-corrected chi connectivity index (χ0v) is 12.7. The Labute approximate surface area is 120 Å². The molecule has 0 aliphatic heterocycles. The minimum absolute atomic E-state index is 0.220. The van der Waals surface area contributed by atoms with Crippen LogP contribution >= 0.6 is 0 Å². The van der Waals surface area contributed by atoms with Gasteiger partial charge in [-0.05, 0) is 24.5 Å². The van der Waals surface area contributed by atoms with Crippen molar-refractivity contribution in [1.82, 2.24) is 19.3 Å². The minimum atomic E-state index is 0.220. The molecule has 110 valence electrons. The predicted molar refractivity (Wildman–Crippen MR) is 80.4 cm³/mol. The lowest BCUT2D eigenvalue weighted by atomic mass is 10.1. The van der Waals surface area contributed by atoms with Gasteiger partial charge in [-0.1, -0.05) is 20.8 Å². The number of aromatic nitrogens is 4. The fourth-order valence-electron chi connectivity index (χ4n) is 2.26. The first-order valence-corrected chi connectivity index (χ1v) is 7.36. The second-order valence-corrected chi connectivity index (χ2v) is 5.75. The lowest BCUT2D eigenvalue weighted by molar-refractivity contribution is 0.459. The molecule has 0 radical (unpaired) electrons. The predicted octanol–water partition coefficient (Wildman–Crippen LogP) is 2.06. The van der Waals surface area contributed by atoms with E-state index in [2.05, 4.69) is 53.8 Å². The smallest absolute Gasteiger partial charge is 0.146 e. The molecule has 5 nitrogen and oxygen atoms in total. The van der Waals surface area contributed by atoms with Crippen LogP contribution in [0, 0.1) is 5.92 Å². The molecule has 0 aromatic carbocycles. The number of nitrogens with zero attached hydrogens (tertiary/aromatic N) is 4. The Morgan fingerprint density at radius 3 is 2.85 bits per heavy atom. The van der Waals surface area contributed by atoms with E-state index in [0.29, 0.717) is 5.92 Å². The van der Waals surface area contributed by atoms with E-state index in [1.54, 1.807) is 6.33 Å². The van der Waals surface area contributed by atoms with Gasteiger partial charge >= 0.3 is 0 Å². The molecule has 20 heavy (non-hydrogen) atoms. The molecule has 5 heteroatoms. The topological polar surface area (TPSA) is 61.7 Å². The first-order chi connectivity index (χ1) is 9.60. The summed E-state index contributed by atoms with van der Waals surface area (Å²) < 4.78 is 4.21. The molecule has 0 aliphatic rings. The Hall–Kier alpha value is -1.62. The number of hydrogen-bond donors (Lipinski definition) is 1. The molecular weight excluding hydrogens is 250 g/mol. The summed E-state index contributed by atoms with van der Waals surface area (Å²) in [4.78, 5) is 4.38. The number of hydrogen-bond acceptors (Lipinski definition) is 3. The van der Waals surface area contributed by atoms with Crippen LogP contribution in [0.2, 0.25) is 0 Å². The van der Waals surface area contributed by atoms with Crippen molar-refractivity contribution in [1.29, 1.82) is 0 Å². The Balaban J connectivity index is 2.10. The second kappa shape index (κ2) is 6.70. The first-order valence-electron chi connectivity index (χ1n) is 7.36. The summed E-state index contributed by atoms with van der Waals surface area (Å²) in [5.74, 6) is 1.56. The lowest BCUT2D eigenvalue weighted by Gasteiger charge is -2.14. The van der Waals surface area contributed by atoms with Gasteiger partial charge in [0, 0.05) is 30.9 Å². The van der Waals surface area contributed by atoms with Crippen LogP contribution in [-0.4, -0.2) is 25.4 Å². The molecule has 1 atom stereocenters. The zero-order chi connectivity index (χ0) is 14.5. The van der Waals surface area contributed by atoms with Crippen molar-refractivity contribution in [2.75, 3.05) is 0 Å². The van der Waals surface area contributed by atoms with Crippen LogP contribution in [0.15, 0.2) is 24.7 Å². The van der Waals surface area contributed by atoms with Gasteiger partial charge in [0.2, 0.25) is 0 Å². The maximum atomic E-state index is 6.06. The molecule has 2 N–H and O–H groups in total. The van der Waals surface area contributed by atoms with Crippen LogP contribution in [0.3, 0.4) is 0 Å². The lowest BCUT2D eigenvalue weighted by Crippen LogP contribution is -2.23. The highest BCUT2D eigenvalue weighted by Gasteiger charge is 2.10. The summed E-state index contributed by atoms with van der Waals surface area (Å²) >= 11 is 0. The Morgan fingerprint density at radius 2 is 2.15 bits per heavy atom. The molecule has 0 fully saturated rings. The SMILES string of the molecule is CCC(N)Cc1cccn1Cc1ncnn1CC(C)C. The number of rotatable bonds is 7. The van der Waals surface area contributed by atoms with E-state index < -0.39 is 0 Å². The van der Waals surface area contributed by atoms with Gasteiger partial charge in [-0.25, -0.2) is 9.67 Å². The van der Waals surface area contributed by atoms with Gasteiger partial charge in [0.15, 0.2) is 0 Å². The standard InChI is InChI=1S/C15H25N5/c1-4-13(16)8-14-6-5-7-19(14)10-15-17-11-18-20(15)9-12(2)3/h5-7,11-13H,4,8-10,16H2,1-3H3. The van der Waals surface area contributed by atoms with Crippen molar-refractivity contribution in [2.45, 2.75) is 52.7 Å². The van der Waals surface area contributed by atoms with Crippen molar-refractivity contribution >= 4 is 0 Å². The summed E-state index contributed by atoms with van der Waals surface area (Å²) in [5.41, 5.74) is 7.32. The molecule has 0 spiro atoms. The van der Waals surface area contributed by atoms with Gasteiger partial charge in [-0.15, -0.1) is 0 Å². The van der Waals surface area contributed by atoms with Crippen molar-refractivity contribution in [3.63, 3.8) is 0 Å². The quantitative estimate of drug-likeness (QED) is 0.841.